The van der Waals surface area contributed by atoms with Crippen molar-refractivity contribution in [3.8, 4) is 17.2 Å². The van der Waals surface area contributed by atoms with E-state index in [1.165, 1.54) is 6.07 Å². The number of likely N-dealkylation sites (N-methyl/N-ethyl adjacent to an activating group) is 1. The van der Waals surface area contributed by atoms with Crippen LogP contribution in [0.15, 0.2) is 36.4 Å². The van der Waals surface area contributed by atoms with E-state index in [9.17, 15) is 18.3 Å². The summed E-state index contributed by atoms with van der Waals surface area (Å²) in [5.41, 5.74) is 1.59. The molecular weight excluding hydrogens is 486 g/mol. The second-order valence-electron chi connectivity index (χ2n) is 9.59. The number of aliphatic hydroxyl groups is 1. The number of aliphatic hydroxyl groups excluding tert-OH is 1. The average Bonchev–Trinajstić information content (AvgIpc) is 3.28. The van der Waals surface area contributed by atoms with Crippen molar-refractivity contribution >= 4 is 21.6 Å². The minimum Gasteiger partial charge on any atom is -0.488 e. The zero-order valence-electron chi connectivity index (χ0n) is 20.9. The lowest BCUT2D eigenvalue weighted by molar-refractivity contribution is 0.0341. The average molecular weight is 520 g/mol. The quantitative estimate of drug-likeness (QED) is 0.545. The van der Waals surface area contributed by atoms with E-state index in [1.807, 2.05) is 32.2 Å². The molecule has 11 heteroatoms. The largest absolute Gasteiger partial charge is 0.488 e. The van der Waals surface area contributed by atoms with Crippen LogP contribution in [0.1, 0.15) is 29.8 Å². The van der Waals surface area contributed by atoms with Crippen LogP contribution in [-0.2, 0) is 16.6 Å². The smallest absolute Gasteiger partial charge is 0.258 e. The maximum atomic E-state index is 13.4. The Morgan fingerprint density at radius 1 is 1.17 bits per heavy atom. The van der Waals surface area contributed by atoms with Crippen LogP contribution in [0.5, 0.6) is 17.2 Å². The maximum Gasteiger partial charge on any atom is 0.258 e. The molecule has 2 aliphatic rings. The number of carbonyl (C=O) groups is 1. The molecule has 0 aliphatic carbocycles. The number of nitrogens with zero attached hydrogens (tertiary/aromatic N) is 2. The van der Waals surface area contributed by atoms with Gasteiger partial charge in [0.15, 0.2) is 11.5 Å². The Balaban J connectivity index is 1.58. The molecule has 2 aliphatic heterocycles. The highest BCUT2D eigenvalue weighted by Gasteiger charge is 2.33. The molecule has 10 nitrogen and oxygen atoms in total. The summed E-state index contributed by atoms with van der Waals surface area (Å²) in [6.45, 7) is 5.46. The number of ether oxygens (including phenoxy) is 3. The highest BCUT2D eigenvalue weighted by molar-refractivity contribution is 7.92. The number of carbonyl (C=O) groups excluding carboxylic acids is 1. The van der Waals surface area contributed by atoms with Gasteiger partial charge in [0.25, 0.3) is 5.91 Å². The molecule has 0 fully saturated rings. The highest BCUT2D eigenvalue weighted by atomic mass is 32.2. The summed E-state index contributed by atoms with van der Waals surface area (Å²) in [6, 6.07) is 10.1. The number of amides is 1. The Labute approximate surface area is 211 Å². The van der Waals surface area contributed by atoms with E-state index in [-0.39, 0.29) is 42.6 Å². The molecule has 3 atom stereocenters. The number of sulfonamides is 1. The van der Waals surface area contributed by atoms with Gasteiger partial charge in [-0.3, -0.25) is 14.4 Å². The molecule has 0 aromatic heterocycles. The lowest BCUT2D eigenvalue weighted by Gasteiger charge is -2.38. The van der Waals surface area contributed by atoms with Crippen LogP contribution >= 0.6 is 0 Å². The highest BCUT2D eigenvalue weighted by Crippen LogP contribution is 2.33. The SMILES string of the molecule is C[C@H](CO)N1C[C@H](C)[C@H](CN(C)Cc2ccc3c(c2)OCO3)Oc2ccc(NS(C)(=O)=O)cc2C1=O. The molecule has 4 rings (SSSR count). The third kappa shape index (κ3) is 6.03. The summed E-state index contributed by atoms with van der Waals surface area (Å²) in [6.07, 6.45) is 0.786. The van der Waals surface area contributed by atoms with Crippen molar-refractivity contribution in [3.63, 3.8) is 0 Å². The van der Waals surface area contributed by atoms with Crippen LogP contribution in [0.3, 0.4) is 0 Å². The van der Waals surface area contributed by atoms with E-state index >= 15 is 0 Å². The number of benzene rings is 2. The van der Waals surface area contributed by atoms with Crippen molar-refractivity contribution < 1.29 is 32.5 Å². The van der Waals surface area contributed by atoms with Crippen LogP contribution in [0.4, 0.5) is 5.69 Å². The van der Waals surface area contributed by atoms with Gasteiger partial charge in [0.05, 0.1) is 24.5 Å². The Morgan fingerprint density at radius 3 is 2.61 bits per heavy atom. The van der Waals surface area contributed by atoms with Crippen LogP contribution < -0.4 is 18.9 Å². The summed E-state index contributed by atoms with van der Waals surface area (Å²) in [7, 11) is -1.52. The van der Waals surface area contributed by atoms with Crippen molar-refractivity contribution in [2.45, 2.75) is 32.5 Å². The first-order valence-corrected chi connectivity index (χ1v) is 13.7. The van der Waals surface area contributed by atoms with Crippen LogP contribution in [0.25, 0.3) is 0 Å². The van der Waals surface area contributed by atoms with Gasteiger partial charge in [0.2, 0.25) is 16.8 Å². The monoisotopic (exact) mass is 519 g/mol. The van der Waals surface area contributed by atoms with Crippen molar-refractivity contribution in [1.29, 1.82) is 0 Å². The molecule has 1 amide bonds. The lowest BCUT2D eigenvalue weighted by Crippen LogP contribution is -2.49. The fraction of sp³-hybridized carbons (Fsp3) is 0.480. The van der Waals surface area contributed by atoms with Crippen LogP contribution in [0, 0.1) is 5.92 Å². The first kappa shape index (κ1) is 26.1. The molecule has 2 heterocycles. The third-order valence-corrected chi connectivity index (χ3v) is 6.96. The predicted molar refractivity (Wildman–Crippen MR) is 135 cm³/mol. The summed E-state index contributed by atoms with van der Waals surface area (Å²) in [4.78, 5) is 17.2. The minimum absolute atomic E-state index is 0.0378. The zero-order valence-corrected chi connectivity index (χ0v) is 21.7. The Morgan fingerprint density at radius 2 is 1.89 bits per heavy atom. The van der Waals surface area contributed by atoms with Crippen molar-refractivity contribution in [3.05, 3.63) is 47.5 Å². The van der Waals surface area contributed by atoms with Gasteiger partial charge >= 0.3 is 0 Å². The first-order valence-electron chi connectivity index (χ1n) is 11.8. The molecule has 196 valence electrons. The van der Waals surface area contributed by atoms with Gasteiger partial charge in [0.1, 0.15) is 11.9 Å². The van der Waals surface area contributed by atoms with E-state index < -0.39 is 16.1 Å². The van der Waals surface area contributed by atoms with Gasteiger partial charge < -0.3 is 24.2 Å². The molecule has 2 aromatic carbocycles. The van der Waals surface area contributed by atoms with Crippen molar-refractivity contribution in [2.24, 2.45) is 5.92 Å². The predicted octanol–water partition coefficient (Wildman–Crippen LogP) is 2.14. The molecule has 0 radical (unpaired) electrons. The first-order chi connectivity index (χ1) is 17.0. The normalized spacial score (nSPS) is 20.4. The van der Waals surface area contributed by atoms with Crippen LogP contribution in [-0.4, -0.2) is 81.2 Å². The van der Waals surface area contributed by atoms with E-state index in [0.717, 1.165) is 23.3 Å². The fourth-order valence-corrected chi connectivity index (χ4v) is 5.00. The van der Waals surface area contributed by atoms with Crippen molar-refractivity contribution in [1.82, 2.24) is 9.80 Å². The molecule has 2 N–H and O–H groups in total. The lowest BCUT2D eigenvalue weighted by atomic mass is 9.99. The Bertz CT molecular complexity index is 1220. The second kappa shape index (κ2) is 10.5. The number of hydrogen-bond donors (Lipinski definition) is 2. The van der Waals surface area contributed by atoms with Crippen molar-refractivity contribution in [2.75, 3.05) is 44.5 Å². The molecular formula is C25H33N3O7S. The minimum atomic E-state index is -3.52. The zero-order chi connectivity index (χ0) is 26.0. The topological polar surface area (TPSA) is 118 Å². The second-order valence-corrected chi connectivity index (χ2v) is 11.3. The number of rotatable bonds is 8. The summed E-state index contributed by atoms with van der Waals surface area (Å²) < 4.78 is 43.1. The maximum absolute atomic E-state index is 13.4. The van der Waals surface area contributed by atoms with Gasteiger partial charge in [0, 0.05) is 31.2 Å². The summed E-state index contributed by atoms with van der Waals surface area (Å²) >= 11 is 0. The molecule has 36 heavy (non-hydrogen) atoms. The van der Waals surface area contributed by atoms with E-state index in [1.54, 1.807) is 24.0 Å². The molecule has 0 saturated heterocycles. The van der Waals surface area contributed by atoms with Crippen LogP contribution in [0.2, 0.25) is 0 Å². The van der Waals surface area contributed by atoms with Gasteiger partial charge in [-0.25, -0.2) is 8.42 Å². The van der Waals surface area contributed by atoms with Gasteiger partial charge in [-0.1, -0.05) is 13.0 Å². The fourth-order valence-electron chi connectivity index (χ4n) is 4.44. The van der Waals surface area contributed by atoms with E-state index in [4.69, 9.17) is 14.2 Å². The Hall–Kier alpha value is -3.02. The summed E-state index contributed by atoms with van der Waals surface area (Å²) in [5, 5.41) is 9.81. The number of nitrogens with one attached hydrogen (secondary N) is 1. The number of fused-ring (bicyclic) bond motifs is 2. The van der Waals surface area contributed by atoms with Gasteiger partial charge in [-0.15, -0.1) is 0 Å². The number of hydrogen-bond acceptors (Lipinski definition) is 8. The van der Waals surface area contributed by atoms with Gasteiger partial charge in [-0.05, 0) is 49.9 Å². The summed E-state index contributed by atoms with van der Waals surface area (Å²) in [5.74, 6) is 1.49. The van der Waals surface area contributed by atoms with Gasteiger partial charge in [-0.2, -0.15) is 0 Å². The third-order valence-electron chi connectivity index (χ3n) is 6.35. The van der Waals surface area contributed by atoms with E-state index in [0.29, 0.717) is 25.4 Å². The molecule has 0 saturated carbocycles. The molecule has 0 spiro atoms. The van der Waals surface area contributed by atoms with E-state index in [2.05, 4.69) is 9.62 Å². The molecule has 2 aromatic rings. The number of anilines is 1. The molecule has 0 unspecified atom stereocenters. The Kier molecular flexibility index (Phi) is 7.62. The molecule has 0 bridgehead atoms. The standard InChI is InChI=1S/C25H33N3O7S/c1-16-11-28(17(2)14-29)25(30)20-10-19(26-36(4,31)32)6-8-21(20)35-24(16)13-27(3)12-18-5-7-22-23(9-18)34-15-33-22/h5-10,16-17,24,26,29H,11-15H2,1-4H3/t16-,17+,24-/m0/s1.